The van der Waals surface area contributed by atoms with Crippen LogP contribution in [0.15, 0.2) is 42.5 Å². The highest BCUT2D eigenvalue weighted by molar-refractivity contribution is 5.89. The average molecular weight is 332 g/mol. The van der Waals surface area contributed by atoms with Crippen molar-refractivity contribution in [2.24, 2.45) is 0 Å². The molecule has 2 aromatic carbocycles. The van der Waals surface area contributed by atoms with E-state index in [0.29, 0.717) is 0 Å². The van der Waals surface area contributed by atoms with Crippen molar-refractivity contribution in [3.05, 3.63) is 70.8 Å². The zero-order valence-corrected chi connectivity index (χ0v) is 12.5. The van der Waals surface area contributed by atoms with Gasteiger partial charge < -0.3 is 10.2 Å². The number of carboxylic acid groups (broad SMARTS) is 2. The molecule has 0 fully saturated rings. The van der Waals surface area contributed by atoms with E-state index in [2.05, 4.69) is 0 Å². The predicted octanol–water partition coefficient (Wildman–Crippen LogP) is 3.30. The Morgan fingerprint density at radius 3 is 2.38 bits per heavy atom. The summed E-state index contributed by atoms with van der Waals surface area (Å²) in [5.74, 6) is -4.57. The lowest BCUT2D eigenvalue weighted by Gasteiger charge is -2.38. The molecule has 2 N–H and O–H groups in total. The Bertz CT molecular complexity index is 834. The lowest BCUT2D eigenvalue weighted by Crippen LogP contribution is -2.42. The van der Waals surface area contributed by atoms with Gasteiger partial charge in [0, 0.05) is 0 Å². The van der Waals surface area contributed by atoms with Crippen LogP contribution in [0.4, 0.5) is 8.78 Å². The second kappa shape index (κ2) is 5.70. The van der Waals surface area contributed by atoms with Crippen molar-refractivity contribution in [1.29, 1.82) is 0 Å². The van der Waals surface area contributed by atoms with Gasteiger partial charge in [-0.3, -0.25) is 9.59 Å². The van der Waals surface area contributed by atoms with Crippen molar-refractivity contribution < 1.29 is 28.6 Å². The number of benzene rings is 2. The van der Waals surface area contributed by atoms with E-state index in [9.17, 15) is 28.6 Å². The number of halogens is 2. The summed E-state index contributed by atoms with van der Waals surface area (Å²) in [5.41, 5.74) is -1.07. The summed E-state index contributed by atoms with van der Waals surface area (Å²) in [5, 5.41) is 19.3. The van der Waals surface area contributed by atoms with E-state index in [1.54, 1.807) is 0 Å². The third kappa shape index (κ3) is 2.35. The molecule has 0 aliphatic heterocycles. The molecule has 0 radical (unpaired) electrons. The largest absolute Gasteiger partial charge is 0.481 e. The van der Waals surface area contributed by atoms with Crippen LogP contribution in [0.2, 0.25) is 0 Å². The quantitative estimate of drug-likeness (QED) is 0.904. The van der Waals surface area contributed by atoms with E-state index in [1.807, 2.05) is 0 Å². The molecule has 0 amide bonds. The van der Waals surface area contributed by atoms with Crippen molar-refractivity contribution >= 4 is 11.9 Å². The minimum Gasteiger partial charge on any atom is -0.481 e. The SMILES string of the molecule is O=C(O)C1CCC(C(=O)O)(c2cccc(F)c2)c2ccc(F)cc21. The first kappa shape index (κ1) is 16.1. The van der Waals surface area contributed by atoms with Gasteiger partial charge in [0.2, 0.25) is 0 Å². The summed E-state index contributed by atoms with van der Waals surface area (Å²) in [4.78, 5) is 23.6. The highest BCUT2D eigenvalue weighted by Gasteiger charge is 2.49. The Morgan fingerprint density at radius 2 is 1.75 bits per heavy atom. The first-order valence-corrected chi connectivity index (χ1v) is 7.38. The van der Waals surface area contributed by atoms with E-state index in [-0.39, 0.29) is 29.5 Å². The standard InChI is InChI=1S/C18H14F2O4/c19-11-3-1-2-10(8-11)18(17(23)24)7-6-13(16(21)22)14-9-12(20)4-5-15(14)18/h1-5,8-9,13H,6-7H2,(H,21,22)(H,23,24). The van der Waals surface area contributed by atoms with Gasteiger partial charge in [0.15, 0.2) is 0 Å². The summed E-state index contributed by atoms with van der Waals surface area (Å²) >= 11 is 0. The topological polar surface area (TPSA) is 74.6 Å². The van der Waals surface area contributed by atoms with Crippen molar-refractivity contribution in [3.8, 4) is 0 Å². The molecular weight excluding hydrogens is 318 g/mol. The maximum atomic E-state index is 13.7. The third-order valence-electron chi connectivity index (χ3n) is 4.64. The Labute approximate surface area is 136 Å². The smallest absolute Gasteiger partial charge is 0.318 e. The second-order valence-electron chi connectivity index (χ2n) is 5.88. The maximum absolute atomic E-state index is 13.7. The molecule has 0 saturated carbocycles. The van der Waals surface area contributed by atoms with Gasteiger partial charge in [0.25, 0.3) is 0 Å². The molecule has 4 nitrogen and oxygen atoms in total. The first-order valence-electron chi connectivity index (χ1n) is 7.38. The molecule has 2 unspecified atom stereocenters. The van der Waals surface area contributed by atoms with Gasteiger partial charge in [0.1, 0.15) is 17.0 Å². The summed E-state index contributed by atoms with van der Waals surface area (Å²) in [7, 11) is 0. The number of hydrogen-bond acceptors (Lipinski definition) is 2. The summed E-state index contributed by atoms with van der Waals surface area (Å²) < 4.78 is 27.3. The zero-order chi connectivity index (χ0) is 17.5. The van der Waals surface area contributed by atoms with Crippen molar-refractivity contribution in [2.75, 3.05) is 0 Å². The van der Waals surface area contributed by atoms with E-state index in [0.717, 1.165) is 18.2 Å². The van der Waals surface area contributed by atoms with E-state index in [4.69, 9.17) is 0 Å². The number of aliphatic carboxylic acids is 2. The summed E-state index contributed by atoms with van der Waals surface area (Å²) in [6.45, 7) is 0. The van der Waals surface area contributed by atoms with Gasteiger partial charge in [-0.05, 0) is 53.8 Å². The zero-order valence-electron chi connectivity index (χ0n) is 12.5. The van der Waals surface area contributed by atoms with Crippen LogP contribution >= 0.6 is 0 Å². The van der Waals surface area contributed by atoms with Crippen LogP contribution in [0, 0.1) is 11.6 Å². The number of carboxylic acids is 2. The fourth-order valence-corrected chi connectivity index (χ4v) is 3.52. The Kier molecular flexibility index (Phi) is 3.83. The molecule has 6 heteroatoms. The molecule has 2 aromatic rings. The third-order valence-corrected chi connectivity index (χ3v) is 4.64. The fourth-order valence-electron chi connectivity index (χ4n) is 3.52. The van der Waals surface area contributed by atoms with Crippen LogP contribution in [0.5, 0.6) is 0 Å². The lowest BCUT2D eigenvalue weighted by atomic mass is 9.63. The normalized spacial score (nSPS) is 22.7. The van der Waals surface area contributed by atoms with Crippen LogP contribution in [0.1, 0.15) is 35.4 Å². The minimum atomic E-state index is -1.60. The van der Waals surface area contributed by atoms with Gasteiger partial charge in [-0.25, -0.2) is 8.78 Å². The van der Waals surface area contributed by atoms with Gasteiger partial charge in [-0.1, -0.05) is 18.2 Å². The highest BCUT2D eigenvalue weighted by atomic mass is 19.1. The van der Waals surface area contributed by atoms with Gasteiger partial charge in [-0.15, -0.1) is 0 Å². The van der Waals surface area contributed by atoms with Gasteiger partial charge in [-0.2, -0.15) is 0 Å². The molecule has 0 saturated heterocycles. The number of rotatable bonds is 3. The molecule has 124 valence electrons. The molecule has 0 heterocycles. The molecule has 24 heavy (non-hydrogen) atoms. The molecular formula is C18H14F2O4. The second-order valence-corrected chi connectivity index (χ2v) is 5.88. The highest BCUT2D eigenvalue weighted by Crippen LogP contribution is 2.47. The van der Waals surface area contributed by atoms with Crippen molar-refractivity contribution in [2.45, 2.75) is 24.2 Å². The van der Waals surface area contributed by atoms with Crippen molar-refractivity contribution in [3.63, 3.8) is 0 Å². The van der Waals surface area contributed by atoms with Crippen LogP contribution in [-0.4, -0.2) is 22.2 Å². The summed E-state index contributed by atoms with van der Waals surface area (Å²) in [6.07, 6.45) is 0.00991. The molecule has 1 aliphatic carbocycles. The lowest BCUT2D eigenvalue weighted by molar-refractivity contribution is -0.145. The Hall–Kier alpha value is -2.76. The monoisotopic (exact) mass is 332 g/mol. The molecule has 0 bridgehead atoms. The van der Waals surface area contributed by atoms with E-state index >= 15 is 0 Å². The Balaban J connectivity index is 2.31. The first-order chi connectivity index (χ1) is 11.4. The fraction of sp³-hybridized carbons (Fsp3) is 0.222. The minimum absolute atomic E-state index is 0.0125. The number of fused-ring (bicyclic) bond motifs is 1. The van der Waals surface area contributed by atoms with Gasteiger partial charge in [0.05, 0.1) is 5.92 Å². The van der Waals surface area contributed by atoms with E-state index < -0.39 is 34.9 Å². The van der Waals surface area contributed by atoms with Crippen LogP contribution in [0.25, 0.3) is 0 Å². The van der Waals surface area contributed by atoms with Crippen LogP contribution < -0.4 is 0 Å². The van der Waals surface area contributed by atoms with Crippen LogP contribution in [-0.2, 0) is 15.0 Å². The number of carbonyl (C=O) groups is 2. The molecule has 0 spiro atoms. The van der Waals surface area contributed by atoms with Crippen molar-refractivity contribution in [1.82, 2.24) is 0 Å². The van der Waals surface area contributed by atoms with Crippen LogP contribution in [0.3, 0.4) is 0 Å². The van der Waals surface area contributed by atoms with Gasteiger partial charge >= 0.3 is 11.9 Å². The molecule has 3 rings (SSSR count). The molecule has 0 aromatic heterocycles. The number of hydrogen-bond donors (Lipinski definition) is 2. The Morgan fingerprint density at radius 1 is 1.04 bits per heavy atom. The summed E-state index contributed by atoms with van der Waals surface area (Å²) in [6, 6.07) is 8.67. The molecule has 1 aliphatic rings. The maximum Gasteiger partial charge on any atom is 0.318 e. The average Bonchev–Trinajstić information content (AvgIpc) is 2.52. The van der Waals surface area contributed by atoms with E-state index in [1.165, 1.54) is 24.3 Å². The predicted molar refractivity (Wildman–Crippen MR) is 80.8 cm³/mol. The molecule has 2 atom stereocenters.